The Balaban J connectivity index is 1.27. The zero-order valence-electron chi connectivity index (χ0n) is 24.3. The SMILES string of the molecule is Cc1c(C(=O)Nc2ccc(Oc3ccnc4c3C3OCCCN3C(=O)N4)c(F)c2)c(=O)n(-c2ccccc2)n1CC(C)(C)O. The van der Waals surface area contributed by atoms with E-state index in [0.717, 1.165) is 6.07 Å². The lowest BCUT2D eigenvalue weighted by atomic mass is 10.1. The first-order valence-electron chi connectivity index (χ1n) is 14.1. The van der Waals surface area contributed by atoms with E-state index in [1.54, 1.807) is 61.9 Å². The Morgan fingerprint density at radius 3 is 2.68 bits per heavy atom. The third-order valence-electron chi connectivity index (χ3n) is 7.36. The summed E-state index contributed by atoms with van der Waals surface area (Å²) in [5, 5.41) is 15.8. The van der Waals surface area contributed by atoms with Gasteiger partial charge < -0.3 is 19.9 Å². The average molecular weight is 603 g/mol. The summed E-state index contributed by atoms with van der Waals surface area (Å²) in [4.78, 5) is 45.2. The van der Waals surface area contributed by atoms with Crippen LogP contribution < -0.4 is 20.9 Å². The number of carbonyl (C=O) groups excluding carboxylic acids is 2. The predicted molar refractivity (Wildman–Crippen MR) is 159 cm³/mol. The third kappa shape index (κ3) is 5.42. The first kappa shape index (κ1) is 29.1. The van der Waals surface area contributed by atoms with Gasteiger partial charge in [0.25, 0.3) is 11.5 Å². The number of amides is 3. The number of aromatic nitrogens is 3. The number of ether oxygens (including phenoxy) is 2. The fourth-order valence-electron chi connectivity index (χ4n) is 5.41. The van der Waals surface area contributed by atoms with Crippen molar-refractivity contribution < 1.29 is 28.6 Å². The molecule has 2 aliphatic rings. The number of para-hydroxylation sites is 1. The molecule has 2 aromatic carbocycles. The summed E-state index contributed by atoms with van der Waals surface area (Å²) in [6.45, 7) is 5.81. The van der Waals surface area contributed by atoms with Crippen LogP contribution in [0.3, 0.4) is 0 Å². The van der Waals surface area contributed by atoms with Crippen molar-refractivity contribution in [3.05, 3.63) is 93.8 Å². The minimum atomic E-state index is -1.18. The lowest BCUT2D eigenvalue weighted by Gasteiger charge is -2.39. The third-order valence-corrected chi connectivity index (χ3v) is 7.36. The van der Waals surface area contributed by atoms with E-state index >= 15 is 4.39 Å². The van der Waals surface area contributed by atoms with Crippen LogP contribution in [0.5, 0.6) is 11.5 Å². The molecule has 0 spiro atoms. The van der Waals surface area contributed by atoms with Gasteiger partial charge in [0.1, 0.15) is 17.1 Å². The maximum absolute atomic E-state index is 15.3. The summed E-state index contributed by atoms with van der Waals surface area (Å²) in [6, 6.07) is 13.9. The fraction of sp³-hybridized carbons (Fsp3) is 0.290. The topological polar surface area (TPSA) is 140 Å². The van der Waals surface area contributed by atoms with Crippen molar-refractivity contribution in [1.29, 1.82) is 0 Å². The number of aliphatic hydroxyl groups is 1. The molecule has 44 heavy (non-hydrogen) atoms. The smallest absolute Gasteiger partial charge is 0.325 e. The number of halogens is 1. The normalized spacial score (nSPS) is 16.2. The lowest BCUT2D eigenvalue weighted by Crippen LogP contribution is -2.47. The number of benzene rings is 2. The van der Waals surface area contributed by atoms with Crippen LogP contribution in [0.1, 0.15) is 48.1 Å². The van der Waals surface area contributed by atoms with Gasteiger partial charge in [-0.15, -0.1) is 0 Å². The monoisotopic (exact) mass is 602 g/mol. The molecule has 12 nitrogen and oxygen atoms in total. The summed E-state index contributed by atoms with van der Waals surface area (Å²) in [6.07, 6.45) is 1.40. The van der Waals surface area contributed by atoms with Gasteiger partial charge in [0.15, 0.2) is 17.8 Å². The fourth-order valence-corrected chi connectivity index (χ4v) is 5.41. The van der Waals surface area contributed by atoms with E-state index in [-0.39, 0.29) is 41.1 Å². The number of pyridine rings is 1. The van der Waals surface area contributed by atoms with Crippen molar-refractivity contribution in [3.63, 3.8) is 0 Å². The molecule has 1 saturated heterocycles. The highest BCUT2D eigenvalue weighted by atomic mass is 19.1. The average Bonchev–Trinajstić information content (AvgIpc) is 3.22. The molecule has 0 aliphatic carbocycles. The first-order valence-corrected chi connectivity index (χ1v) is 14.1. The van der Waals surface area contributed by atoms with E-state index in [1.165, 1.54) is 27.9 Å². The quantitative estimate of drug-likeness (QED) is 0.282. The van der Waals surface area contributed by atoms with E-state index in [9.17, 15) is 19.5 Å². The summed E-state index contributed by atoms with van der Waals surface area (Å²) < 4.78 is 30.0. The van der Waals surface area contributed by atoms with Crippen molar-refractivity contribution in [2.24, 2.45) is 0 Å². The zero-order valence-corrected chi connectivity index (χ0v) is 24.3. The number of nitrogens with zero attached hydrogens (tertiary/aromatic N) is 4. The second-order valence-corrected chi connectivity index (χ2v) is 11.3. The van der Waals surface area contributed by atoms with Crippen molar-refractivity contribution in [2.75, 3.05) is 23.8 Å². The van der Waals surface area contributed by atoms with Gasteiger partial charge in [0.2, 0.25) is 0 Å². The maximum atomic E-state index is 15.3. The van der Waals surface area contributed by atoms with Crippen LogP contribution in [-0.4, -0.2) is 55.0 Å². The standard InChI is InChI=1S/C31H31FN6O6/c1-18-24(28(40)38(20-8-5-4-6-9-20)37(18)17-31(2,3)42)27(39)34-19-10-11-22(21(32)16-19)44-23-12-13-33-26-25(23)29-36(30(41)35-26)14-7-15-43-29/h4-6,8-13,16,29,42H,7,14-15,17H2,1-3H3,(H,34,39)(H,33,35,41). The maximum Gasteiger partial charge on any atom is 0.325 e. The molecule has 3 N–H and O–H groups in total. The molecule has 0 bridgehead atoms. The summed E-state index contributed by atoms with van der Waals surface area (Å²) in [5.41, 5.74) is -0.454. The molecule has 13 heteroatoms. The lowest BCUT2D eigenvalue weighted by molar-refractivity contribution is -0.0749. The number of nitrogens with one attached hydrogen (secondary N) is 2. The van der Waals surface area contributed by atoms with Crippen LogP contribution >= 0.6 is 0 Å². The zero-order chi connectivity index (χ0) is 31.2. The number of rotatable bonds is 7. The molecular formula is C31H31FN6O6. The highest BCUT2D eigenvalue weighted by molar-refractivity contribution is 6.05. The molecule has 2 aliphatic heterocycles. The van der Waals surface area contributed by atoms with Gasteiger partial charge in [-0.05, 0) is 57.5 Å². The molecule has 228 valence electrons. The Morgan fingerprint density at radius 2 is 1.95 bits per heavy atom. The molecule has 0 radical (unpaired) electrons. The van der Waals surface area contributed by atoms with E-state index in [4.69, 9.17) is 9.47 Å². The highest BCUT2D eigenvalue weighted by Crippen LogP contribution is 2.42. The van der Waals surface area contributed by atoms with Gasteiger partial charge >= 0.3 is 6.03 Å². The first-order chi connectivity index (χ1) is 21.0. The van der Waals surface area contributed by atoms with Crippen LogP contribution in [0.4, 0.5) is 20.7 Å². The number of fused-ring (bicyclic) bond motifs is 3. The van der Waals surface area contributed by atoms with Gasteiger partial charge in [-0.25, -0.2) is 18.9 Å². The molecule has 4 heterocycles. The number of anilines is 2. The highest BCUT2D eigenvalue weighted by Gasteiger charge is 2.38. The number of hydrogen-bond donors (Lipinski definition) is 3. The minimum Gasteiger partial charge on any atom is -0.454 e. The molecule has 1 fully saturated rings. The summed E-state index contributed by atoms with van der Waals surface area (Å²) in [7, 11) is 0. The molecule has 3 amide bonds. The van der Waals surface area contributed by atoms with Gasteiger partial charge in [-0.3, -0.25) is 24.5 Å². The van der Waals surface area contributed by atoms with E-state index in [1.807, 2.05) is 0 Å². The van der Waals surface area contributed by atoms with Crippen LogP contribution in [0.25, 0.3) is 5.69 Å². The summed E-state index contributed by atoms with van der Waals surface area (Å²) >= 11 is 0. The van der Waals surface area contributed by atoms with E-state index < -0.39 is 29.1 Å². The molecule has 4 aromatic rings. The minimum absolute atomic E-state index is 0.0446. The van der Waals surface area contributed by atoms with Crippen molar-refractivity contribution in [2.45, 2.75) is 45.6 Å². The predicted octanol–water partition coefficient (Wildman–Crippen LogP) is 4.56. The summed E-state index contributed by atoms with van der Waals surface area (Å²) in [5.74, 6) is -1.10. The van der Waals surface area contributed by atoms with Crippen LogP contribution in [-0.2, 0) is 11.3 Å². The molecular weight excluding hydrogens is 571 g/mol. The Kier molecular flexibility index (Phi) is 7.43. The van der Waals surface area contributed by atoms with Crippen molar-refractivity contribution >= 4 is 23.4 Å². The van der Waals surface area contributed by atoms with E-state index in [0.29, 0.717) is 36.5 Å². The molecule has 1 atom stereocenters. The molecule has 0 saturated carbocycles. The Labute approximate surface area is 251 Å². The molecule has 2 aromatic heterocycles. The van der Waals surface area contributed by atoms with Crippen LogP contribution in [0.15, 0.2) is 65.6 Å². The number of urea groups is 1. The molecule has 1 unspecified atom stereocenters. The van der Waals surface area contributed by atoms with Gasteiger partial charge in [-0.1, -0.05) is 18.2 Å². The van der Waals surface area contributed by atoms with Gasteiger partial charge in [-0.2, -0.15) is 0 Å². The Hall–Kier alpha value is -5.01. The van der Waals surface area contributed by atoms with Crippen LogP contribution in [0, 0.1) is 12.7 Å². The van der Waals surface area contributed by atoms with Crippen LogP contribution in [0.2, 0.25) is 0 Å². The van der Waals surface area contributed by atoms with Crippen molar-refractivity contribution in [1.82, 2.24) is 19.2 Å². The van der Waals surface area contributed by atoms with E-state index in [2.05, 4.69) is 15.6 Å². The second kappa shape index (κ2) is 11.2. The Bertz CT molecular complexity index is 1810. The van der Waals surface area contributed by atoms with Gasteiger partial charge in [0.05, 0.1) is 35.7 Å². The molecule has 6 rings (SSSR count). The van der Waals surface area contributed by atoms with Crippen molar-refractivity contribution in [3.8, 4) is 17.2 Å². The van der Waals surface area contributed by atoms with Gasteiger partial charge in [0, 0.05) is 24.5 Å². The number of hydrogen-bond acceptors (Lipinski definition) is 7. The Morgan fingerprint density at radius 1 is 1.18 bits per heavy atom. The largest absolute Gasteiger partial charge is 0.454 e. The number of carbonyl (C=O) groups is 2. The second-order valence-electron chi connectivity index (χ2n) is 11.3.